The van der Waals surface area contributed by atoms with Crippen molar-refractivity contribution in [1.29, 1.82) is 0 Å². The number of rotatable bonds is 4. The molecule has 3 nitrogen and oxygen atoms in total. The van der Waals surface area contributed by atoms with E-state index in [9.17, 15) is 0 Å². The Morgan fingerprint density at radius 2 is 1.32 bits per heavy atom. The lowest BCUT2D eigenvalue weighted by Gasteiger charge is -2.11. The average Bonchev–Trinajstić information content (AvgIpc) is 3.14. The Morgan fingerprint density at radius 3 is 2.00 bits per heavy atom. The van der Waals surface area contributed by atoms with Gasteiger partial charge in [0.15, 0.2) is 0 Å². The first-order chi connectivity index (χ1) is 12.4. The molecule has 3 heteroatoms. The van der Waals surface area contributed by atoms with Gasteiger partial charge in [-0.15, -0.1) is 0 Å². The van der Waals surface area contributed by atoms with Crippen LogP contribution in [0.4, 0.5) is 0 Å². The highest BCUT2D eigenvalue weighted by Gasteiger charge is 2.19. The summed E-state index contributed by atoms with van der Waals surface area (Å²) in [6.45, 7) is 0.490. The van der Waals surface area contributed by atoms with Gasteiger partial charge in [-0.1, -0.05) is 84.9 Å². The van der Waals surface area contributed by atoms with Crippen molar-refractivity contribution in [3.8, 4) is 33.6 Å². The summed E-state index contributed by atoms with van der Waals surface area (Å²) < 4.78 is 0. The Kier molecular flexibility index (Phi) is 4.15. The maximum absolute atomic E-state index is 6.00. The van der Waals surface area contributed by atoms with Gasteiger partial charge >= 0.3 is 0 Å². The second-order valence-corrected chi connectivity index (χ2v) is 5.92. The largest absolute Gasteiger partial charge is 0.326 e. The fourth-order valence-corrected chi connectivity index (χ4v) is 3.17. The molecule has 0 radical (unpaired) electrons. The zero-order chi connectivity index (χ0) is 17.1. The predicted molar refractivity (Wildman–Crippen MR) is 103 cm³/mol. The molecule has 3 aromatic carbocycles. The maximum Gasteiger partial charge on any atom is 0.101 e. The van der Waals surface area contributed by atoms with Crippen LogP contribution in [0, 0.1) is 0 Å². The van der Waals surface area contributed by atoms with E-state index in [4.69, 9.17) is 5.73 Å². The Morgan fingerprint density at radius 1 is 0.720 bits per heavy atom. The number of nitrogens with zero attached hydrogens (tertiary/aromatic N) is 1. The van der Waals surface area contributed by atoms with Crippen LogP contribution in [-0.4, -0.2) is 10.2 Å². The molecule has 0 aliphatic heterocycles. The molecular weight excluding hydrogens is 306 g/mol. The number of H-pyrrole nitrogens is 1. The van der Waals surface area contributed by atoms with Gasteiger partial charge in [0.1, 0.15) is 5.69 Å². The molecule has 25 heavy (non-hydrogen) atoms. The van der Waals surface area contributed by atoms with Gasteiger partial charge in [-0.25, -0.2) is 0 Å². The summed E-state index contributed by atoms with van der Waals surface area (Å²) in [4.78, 5) is 0. The summed E-state index contributed by atoms with van der Waals surface area (Å²) in [5.41, 5.74) is 13.5. The van der Waals surface area contributed by atoms with Crippen molar-refractivity contribution < 1.29 is 0 Å². The first-order valence-electron chi connectivity index (χ1n) is 8.36. The Balaban J connectivity index is 2.01. The minimum atomic E-state index is 0.490. The number of nitrogens with one attached hydrogen (secondary N) is 1. The van der Waals surface area contributed by atoms with E-state index in [0.717, 1.165) is 39.2 Å². The molecule has 0 amide bonds. The van der Waals surface area contributed by atoms with Crippen LogP contribution >= 0.6 is 0 Å². The number of hydrogen-bond donors (Lipinski definition) is 2. The number of nitrogens with two attached hydrogens (primary N) is 1. The number of hydrogen-bond acceptors (Lipinski definition) is 2. The Hall–Kier alpha value is -3.17. The summed E-state index contributed by atoms with van der Waals surface area (Å²) in [6, 6.07) is 28.8. The van der Waals surface area contributed by atoms with Crippen molar-refractivity contribution in [2.24, 2.45) is 5.73 Å². The minimum absolute atomic E-state index is 0.490. The fraction of sp³-hybridized carbons (Fsp3) is 0.0455. The molecule has 0 spiro atoms. The lowest BCUT2D eigenvalue weighted by atomic mass is 9.93. The van der Waals surface area contributed by atoms with Crippen LogP contribution in [0.5, 0.6) is 0 Å². The van der Waals surface area contributed by atoms with Crippen molar-refractivity contribution in [2.75, 3.05) is 0 Å². The van der Waals surface area contributed by atoms with E-state index in [1.165, 1.54) is 0 Å². The lowest BCUT2D eigenvalue weighted by molar-refractivity contribution is 1.07. The van der Waals surface area contributed by atoms with Gasteiger partial charge in [-0.05, 0) is 11.1 Å². The summed E-state index contributed by atoms with van der Waals surface area (Å²) in [6.07, 6.45) is 0. The summed E-state index contributed by atoms with van der Waals surface area (Å²) in [7, 11) is 0. The highest BCUT2D eigenvalue weighted by atomic mass is 15.1. The zero-order valence-corrected chi connectivity index (χ0v) is 13.8. The fourth-order valence-electron chi connectivity index (χ4n) is 3.17. The zero-order valence-electron chi connectivity index (χ0n) is 13.8. The van der Waals surface area contributed by atoms with Gasteiger partial charge in [0.2, 0.25) is 0 Å². The molecule has 0 aliphatic rings. The minimum Gasteiger partial charge on any atom is -0.326 e. The molecular formula is C22H19N3. The summed E-state index contributed by atoms with van der Waals surface area (Å²) in [5, 5.41) is 7.90. The summed E-state index contributed by atoms with van der Waals surface area (Å²) in [5.74, 6) is 0. The van der Waals surface area contributed by atoms with Crippen molar-refractivity contribution >= 4 is 0 Å². The smallest absolute Gasteiger partial charge is 0.101 e. The van der Waals surface area contributed by atoms with Crippen LogP contribution in [0.1, 0.15) is 5.56 Å². The second kappa shape index (κ2) is 6.75. The van der Waals surface area contributed by atoms with E-state index in [-0.39, 0.29) is 0 Å². The number of aromatic amines is 1. The van der Waals surface area contributed by atoms with Crippen molar-refractivity contribution in [3.63, 3.8) is 0 Å². The van der Waals surface area contributed by atoms with Gasteiger partial charge in [-0.2, -0.15) is 5.10 Å². The molecule has 0 saturated heterocycles. The highest BCUT2D eigenvalue weighted by molar-refractivity contribution is 5.92. The first kappa shape index (κ1) is 15.4. The second-order valence-electron chi connectivity index (χ2n) is 5.92. The molecule has 1 heterocycles. The SMILES string of the molecule is NCc1ccccc1-c1c(-c2ccccc2)n[nH]c1-c1ccccc1. The quantitative estimate of drug-likeness (QED) is 0.562. The van der Waals surface area contributed by atoms with Gasteiger partial charge in [0, 0.05) is 23.2 Å². The van der Waals surface area contributed by atoms with E-state index < -0.39 is 0 Å². The van der Waals surface area contributed by atoms with Crippen LogP contribution in [0.2, 0.25) is 0 Å². The average molecular weight is 325 g/mol. The molecule has 0 saturated carbocycles. The van der Waals surface area contributed by atoms with Crippen molar-refractivity contribution in [1.82, 2.24) is 10.2 Å². The van der Waals surface area contributed by atoms with Crippen molar-refractivity contribution in [3.05, 3.63) is 90.5 Å². The van der Waals surface area contributed by atoms with E-state index in [1.54, 1.807) is 0 Å². The van der Waals surface area contributed by atoms with E-state index in [2.05, 4.69) is 46.6 Å². The molecule has 4 rings (SSSR count). The third-order valence-corrected chi connectivity index (χ3v) is 4.38. The maximum atomic E-state index is 6.00. The number of benzene rings is 3. The lowest BCUT2D eigenvalue weighted by Crippen LogP contribution is -1.99. The molecule has 4 aromatic rings. The molecule has 0 bridgehead atoms. The molecule has 3 N–H and O–H groups in total. The molecule has 0 aliphatic carbocycles. The van der Waals surface area contributed by atoms with Crippen LogP contribution < -0.4 is 5.73 Å². The third kappa shape index (κ3) is 2.86. The van der Waals surface area contributed by atoms with Crippen molar-refractivity contribution in [2.45, 2.75) is 6.54 Å². The molecule has 0 unspecified atom stereocenters. The van der Waals surface area contributed by atoms with E-state index in [0.29, 0.717) is 6.54 Å². The van der Waals surface area contributed by atoms with Gasteiger partial charge in [0.05, 0.1) is 5.69 Å². The molecule has 0 fully saturated rings. The summed E-state index contributed by atoms with van der Waals surface area (Å²) >= 11 is 0. The van der Waals surface area contributed by atoms with Crippen LogP contribution in [-0.2, 0) is 6.54 Å². The molecule has 122 valence electrons. The van der Waals surface area contributed by atoms with Gasteiger partial charge in [-0.3, -0.25) is 5.10 Å². The Labute approximate surface area is 147 Å². The Bertz CT molecular complexity index is 916. The van der Waals surface area contributed by atoms with Crippen LogP contribution in [0.3, 0.4) is 0 Å². The standard InChI is InChI=1S/C22H19N3/c23-15-18-13-7-8-14-19(18)20-21(16-9-3-1-4-10-16)24-25-22(20)17-11-5-2-6-12-17/h1-14H,15,23H2,(H,24,25). The number of aromatic nitrogens is 2. The van der Waals surface area contributed by atoms with Gasteiger partial charge in [0.25, 0.3) is 0 Å². The topological polar surface area (TPSA) is 54.7 Å². The van der Waals surface area contributed by atoms with E-state index in [1.807, 2.05) is 48.5 Å². The van der Waals surface area contributed by atoms with E-state index >= 15 is 0 Å². The molecule has 0 atom stereocenters. The van der Waals surface area contributed by atoms with Crippen LogP contribution in [0.15, 0.2) is 84.9 Å². The normalized spacial score (nSPS) is 10.8. The molecule has 1 aromatic heterocycles. The third-order valence-electron chi connectivity index (χ3n) is 4.38. The predicted octanol–water partition coefficient (Wildman–Crippen LogP) is 4.87. The van der Waals surface area contributed by atoms with Crippen LogP contribution in [0.25, 0.3) is 33.6 Å². The first-order valence-corrected chi connectivity index (χ1v) is 8.36. The monoisotopic (exact) mass is 325 g/mol. The highest BCUT2D eigenvalue weighted by Crippen LogP contribution is 2.39. The van der Waals surface area contributed by atoms with Gasteiger partial charge < -0.3 is 5.73 Å².